The van der Waals surface area contributed by atoms with E-state index in [2.05, 4.69) is 25.2 Å². The van der Waals surface area contributed by atoms with Gasteiger partial charge in [-0.05, 0) is 13.8 Å². The molecule has 10 heteroatoms. The first kappa shape index (κ1) is 16.8. The number of nitrogens with one attached hydrogen (secondary N) is 2. The second-order valence-corrected chi connectivity index (χ2v) is 7.76. The van der Waals surface area contributed by atoms with E-state index in [0.717, 1.165) is 37.9 Å². The molecule has 3 rings (SSSR count). The molecule has 24 heavy (non-hydrogen) atoms. The predicted molar refractivity (Wildman–Crippen MR) is 91.8 cm³/mol. The number of aliphatic carboxylic acids is 1. The maximum atomic E-state index is 12.6. The first-order valence-electron chi connectivity index (χ1n) is 7.64. The molecule has 0 aromatic carbocycles. The average Bonchev–Trinajstić information content (AvgIpc) is 2.97. The van der Waals surface area contributed by atoms with Crippen LogP contribution in [0.25, 0.3) is 11.2 Å². The van der Waals surface area contributed by atoms with Crippen molar-refractivity contribution in [2.24, 2.45) is 7.05 Å². The summed E-state index contributed by atoms with van der Waals surface area (Å²) in [7, 11) is 1.58. The molecule has 1 aliphatic heterocycles. The summed E-state index contributed by atoms with van der Waals surface area (Å²) in [5.41, 5.74) is 0.386. The molecule has 1 aliphatic rings. The van der Waals surface area contributed by atoms with Crippen molar-refractivity contribution >= 4 is 34.8 Å². The Kier molecular flexibility index (Phi) is 4.26. The summed E-state index contributed by atoms with van der Waals surface area (Å²) in [6.07, 6.45) is 0. The van der Waals surface area contributed by atoms with Gasteiger partial charge in [0.05, 0.1) is 0 Å². The summed E-state index contributed by atoms with van der Waals surface area (Å²) >= 11 is 1.03. The van der Waals surface area contributed by atoms with E-state index in [-0.39, 0.29) is 5.56 Å². The van der Waals surface area contributed by atoms with Gasteiger partial charge in [-0.25, -0.2) is 4.98 Å². The number of carboxylic acid groups (broad SMARTS) is 1. The minimum Gasteiger partial charge on any atom is -0.480 e. The fraction of sp³-hybridized carbons (Fsp3) is 0.571. The number of imidazole rings is 1. The van der Waals surface area contributed by atoms with Crippen LogP contribution in [0.3, 0.4) is 0 Å². The first-order valence-corrected chi connectivity index (χ1v) is 8.46. The van der Waals surface area contributed by atoms with Gasteiger partial charge < -0.3 is 20.3 Å². The summed E-state index contributed by atoms with van der Waals surface area (Å²) in [6, 6.07) is 0. The molecular formula is C14H20N6O3S. The van der Waals surface area contributed by atoms with Gasteiger partial charge in [0.1, 0.15) is 4.75 Å². The molecule has 0 aliphatic carbocycles. The highest BCUT2D eigenvalue weighted by atomic mass is 32.2. The molecule has 3 N–H and O–H groups in total. The number of thioether (sulfide) groups is 1. The van der Waals surface area contributed by atoms with Crippen LogP contribution in [-0.2, 0) is 11.8 Å². The standard InChI is InChI=1S/C14H20N6O3S/c1-14(2,11(22)23)24-13-18-9-8(10(21)19(13)3)16-12(17-9)20-6-4-15-5-7-20/h15H,4-7H2,1-3H3,(H,16,17)(H,22,23). The lowest BCUT2D eigenvalue weighted by Gasteiger charge is -2.26. The molecule has 0 atom stereocenters. The van der Waals surface area contributed by atoms with Gasteiger partial charge in [-0.3, -0.25) is 14.2 Å². The van der Waals surface area contributed by atoms with Crippen molar-refractivity contribution in [3.05, 3.63) is 10.4 Å². The third-order valence-electron chi connectivity index (χ3n) is 3.96. The second kappa shape index (κ2) is 6.10. The van der Waals surface area contributed by atoms with Crippen LogP contribution in [0.2, 0.25) is 0 Å². The van der Waals surface area contributed by atoms with Gasteiger partial charge in [0.2, 0.25) is 5.95 Å². The molecule has 2 aromatic heterocycles. The SMILES string of the molecule is Cn1c(SC(C)(C)C(=O)O)nc2nc(N3CCNCC3)[nH]c2c1=O. The van der Waals surface area contributed by atoms with Crippen LogP contribution in [0.15, 0.2) is 9.95 Å². The number of rotatable bonds is 4. The van der Waals surface area contributed by atoms with Crippen molar-refractivity contribution in [3.8, 4) is 0 Å². The zero-order valence-electron chi connectivity index (χ0n) is 13.8. The van der Waals surface area contributed by atoms with Crippen molar-refractivity contribution in [1.82, 2.24) is 24.8 Å². The van der Waals surface area contributed by atoms with Crippen molar-refractivity contribution < 1.29 is 9.90 Å². The Morgan fingerprint density at radius 1 is 1.29 bits per heavy atom. The fourth-order valence-electron chi connectivity index (χ4n) is 2.39. The number of hydrogen-bond acceptors (Lipinski definition) is 7. The van der Waals surface area contributed by atoms with E-state index in [0.29, 0.717) is 22.3 Å². The number of H-pyrrole nitrogens is 1. The van der Waals surface area contributed by atoms with E-state index in [9.17, 15) is 14.7 Å². The highest BCUT2D eigenvalue weighted by molar-refractivity contribution is 8.01. The second-order valence-electron chi connectivity index (χ2n) is 6.17. The van der Waals surface area contributed by atoms with E-state index >= 15 is 0 Å². The Bertz CT molecular complexity index is 837. The number of hydrogen-bond donors (Lipinski definition) is 3. The van der Waals surface area contributed by atoms with E-state index in [1.54, 1.807) is 20.9 Å². The Morgan fingerprint density at radius 3 is 2.58 bits per heavy atom. The molecule has 0 bridgehead atoms. The minimum atomic E-state index is -1.09. The van der Waals surface area contributed by atoms with Crippen LogP contribution in [-0.4, -0.2) is 61.5 Å². The van der Waals surface area contributed by atoms with Gasteiger partial charge in [-0.2, -0.15) is 4.98 Å². The van der Waals surface area contributed by atoms with E-state index < -0.39 is 10.7 Å². The Balaban J connectivity index is 2.02. The highest BCUT2D eigenvalue weighted by Crippen LogP contribution is 2.31. The summed E-state index contributed by atoms with van der Waals surface area (Å²) < 4.78 is 0.264. The zero-order chi connectivity index (χ0) is 17.5. The summed E-state index contributed by atoms with van der Waals surface area (Å²) in [5, 5.41) is 12.9. The van der Waals surface area contributed by atoms with Gasteiger partial charge >= 0.3 is 5.97 Å². The summed E-state index contributed by atoms with van der Waals surface area (Å²) in [4.78, 5) is 37.8. The number of aromatic nitrogens is 4. The lowest BCUT2D eigenvalue weighted by molar-refractivity contribution is -0.138. The largest absolute Gasteiger partial charge is 0.480 e. The fourth-order valence-corrected chi connectivity index (χ4v) is 3.29. The number of fused-ring (bicyclic) bond motifs is 1. The van der Waals surface area contributed by atoms with Crippen molar-refractivity contribution in [2.45, 2.75) is 23.8 Å². The lowest BCUT2D eigenvalue weighted by Crippen LogP contribution is -2.44. The maximum absolute atomic E-state index is 12.6. The minimum absolute atomic E-state index is 0.266. The molecule has 1 fully saturated rings. The van der Waals surface area contributed by atoms with Crippen LogP contribution in [0.5, 0.6) is 0 Å². The Labute approximate surface area is 142 Å². The molecule has 1 saturated heterocycles. The molecule has 9 nitrogen and oxygen atoms in total. The third-order valence-corrected chi connectivity index (χ3v) is 5.19. The van der Waals surface area contributed by atoms with Crippen LogP contribution in [0, 0.1) is 0 Å². The van der Waals surface area contributed by atoms with Gasteiger partial charge in [0.25, 0.3) is 5.56 Å². The van der Waals surface area contributed by atoms with Gasteiger partial charge in [0, 0.05) is 33.2 Å². The van der Waals surface area contributed by atoms with Crippen LogP contribution in [0.4, 0.5) is 5.95 Å². The number of carbonyl (C=O) groups is 1. The maximum Gasteiger partial charge on any atom is 0.319 e. The van der Waals surface area contributed by atoms with E-state index in [1.165, 1.54) is 4.57 Å². The third kappa shape index (κ3) is 2.98. The summed E-state index contributed by atoms with van der Waals surface area (Å²) in [5.74, 6) is -0.346. The molecule has 0 amide bonds. The van der Waals surface area contributed by atoms with Gasteiger partial charge in [-0.15, -0.1) is 0 Å². The van der Waals surface area contributed by atoms with Crippen molar-refractivity contribution in [1.29, 1.82) is 0 Å². The zero-order valence-corrected chi connectivity index (χ0v) is 14.6. The van der Waals surface area contributed by atoms with Gasteiger partial charge in [0.15, 0.2) is 16.3 Å². The lowest BCUT2D eigenvalue weighted by atomic mass is 10.2. The van der Waals surface area contributed by atoms with Gasteiger partial charge in [-0.1, -0.05) is 11.8 Å². The van der Waals surface area contributed by atoms with Crippen LogP contribution >= 0.6 is 11.8 Å². The smallest absolute Gasteiger partial charge is 0.319 e. The number of aromatic amines is 1. The predicted octanol–water partition coefficient (Wildman–Crippen LogP) is 0.0215. The molecule has 0 radical (unpaired) electrons. The average molecular weight is 352 g/mol. The monoisotopic (exact) mass is 352 g/mol. The highest BCUT2D eigenvalue weighted by Gasteiger charge is 2.31. The number of anilines is 1. The Hall–Kier alpha value is -2.07. The molecular weight excluding hydrogens is 332 g/mol. The topological polar surface area (TPSA) is 116 Å². The molecule has 0 spiro atoms. The number of piperazine rings is 1. The molecule has 0 unspecified atom stereocenters. The molecule has 130 valence electrons. The molecule has 0 saturated carbocycles. The van der Waals surface area contributed by atoms with Crippen LogP contribution in [0.1, 0.15) is 13.8 Å². The molecule has 2 aromatic rings. The quantitative estimate of drug-likeness (QED) is 0.521. The Morgan fingerprint density at radius 2 is 1.96 bits per heavy atom. The molecule has 3 heterocycles. The number of carboxylic acids is 1. The normalized spacial score (nSPS) is 15.9. The van der Waals surface area contributed by atoms with Crippen molar-refractivity contribution in [2.75, 3.05) is 31.1 Å². The van der Waals surface area contributed by atoms with Crippen LogP contribution < -0.4 is 15.8 Å². The van der Waals surface area contributed by atoms with E-state index in [1.807, 2.05) is 0 Å². The van der Waals surface area contributed by atoms with Crippen molar-refractivity contribution in [3.63, 3.8) is 0 Å². The number of nitrogens with zero attached hydrogens (tertiary/aromatic N) is 4. The first-order chi connectivity index (χ1) is 11.3. The summed E-state index contributed by atoms with van der Waals surface area (Å²) in [6.45, 7) is 6.47. The van der Waals surface area contributed by atoms with E-state index in [4.69, 9.17) is 0 Å².